The molecule has 2 heterocycles. The van der Waals surface area contributed by atoms with Crippen molar-refractivity contribution >= 4 is 16.7 Å². The smallest absolute Gasteiger partial charge is 0.137 e. The first-order valence-corrected chi connectivity index (χ1v) is 6.48. The first-order valence-electron chi connectivity index (χ1n) is 6.48. The Labute approximate surface area is 106 Å². The van der Waals surface area contributed by atoms with Crippen molar-refractivity contribution in [1.82, 2.24) is 15.2 Å². The predicted octanol–water partition coefficient (Wildman–Crippen LogP) is 1.98. The molecule has 0 radical (unpaired) electrons. The molecular formula is C13H18N4O. The quantitative estimate of drug-likeness (QED) is 0.757. The minimum absolute atomic E-state index is 0.123. The highest BCUT2D eigenvalue weighted by molar-refractivity contribution is 5.91. The van der Waals surface area contributed by atoms with Crippen LogP contribution in [0.1, 0.15) is 31.4 Å². The lowest BCUT2D eigenvalue weighted by Gasteiger charge is -2.26. The first kappa shape index (κ1) is 11.5. The summed E-state index contributed by atoms with van der Waals surface area (Å²) < 4.78 is 0. The topological polar surface area (TPSA) is 73.8 Å². The van der Waals surface area contributed by atoms with Gasteiger partial charge in [0, 0.05) is 12.2 Å². The van der Waals surface area contributed by atoms with Crippen molar-refractivity contribution in [2.45, 2.75) is 44.8 Å². The second-order valence-corrected chi connectivity index (χ2v) is 5.04. The van der Waals surface area contributed by atoms with Crippen LogP contribution >= 0.6 is 0 Å². The Morgan fingerprint density at radius 1 is 1.33 bits per heavy atom. The third kappa shape index (κ3) is 2.06. The molecular weight excluding hydrogens is 228 g/mol. The van der Waals surface area contributed by atoms with Crippen LogP contribution in [0.15, 0.2) is 12.3 Å². The molecule has 0 atom stereocenters. The number of nitrogens with zero attached hydrogens (tertiary/aromatic N) is 2. The molecule has 3 rings (SSSR count). The Kier molecular flexibility index (Phi) is 2.91. The molecule has 0 bridgehead atoms. The van der Waals surface area contributed by atoms with E-state index < -0.39 is 0 Å². The molecule has 18 heavy (non-hydrogen) atoms. The van der Waals surface area contributed by atoms with Gasteiger partial charge in [-0.3, -0.25) is 5.10 Å². The summed E-state index contributed by atoms with van der Waals surface area (Å²) in [5, 5.41) is 21.3. The fourth-order valence-electron chi connectivity index (χ4n) is 2.64. The van der Waals surface area contributed by atoms with Gasteiger partial charge in [-0.25, -0.2) is 4.98 Å². The van der Waals surface area contributed by atoms with Gasteiger partial charge in [0.05, 0.1) is 22.7 Å². The number of anilines is 1. The molecule has 96 valence electrons. The van der Waals surface area contributed by atoms with Crippen molar-refractivity contribution in [1.29, 1.82) is 0 Å². The summed E-state index contributed by atoms with van der Waals surface area (Å²) in [7, 11) is 0. The molecule has 5 heteroatoms. The van der Waals surface area contributed by atoms with E-state index in [1.165, 1.54) is 0 Å². The van der Waals surface area contributed by atoms with Gasteiger partial charge >= 0.3 is 0 Å². The zero-order chi connectivity index (χ0) is 12.5. The number of H-pyrrole nitrogens is 1. The SMILES string of the molecule is Cc1n[nH]c2ccnc(N[C@H]3CC[C@H](O)CC3)c12. The summed E-state index contributed by atoms with van der Waals surface area (Å²) in [5.74, 6) is 0.903. The molecule has 0 aliphatic heterocycles. The monoisotopic (exact) mass is 246 g/mol. The Morgan fingerprint density at radius 2 is 2.11 bits per heavy atom. The second kappa shape index (κ2) is 4.57. The number of hydrogen-bond acceptors (Lipinski definition) is 4. The zero-order valence-corrected chi connectivity index (χ0v) is 10.5. The molecule has 1 fully saturated rings. The molecule has 1 aliphatic carbocycles. The molecule has 5 nitrogen and oxygen atoms in total. The van der Waals surface area contributed by atoms with Crippen molar-refractivity contribution in [2.24, 2.45) is 0 Å². The first-order chi connectivity index (χ1) is 8.74. The summed E-state index contributed by atoms with van der Waals surface area (Å²) in [6, 6.07) is 2.34. The van der Waals surface area contributed by atoms with Crippen LogP contribution in [0, 0.1) is 6.92 Å². The molecule has 3 N–H and O–H groups in total. The van der Waals surface area contributed by atoms with Crippen LogP contribution in [0.25, 0.3) is 10.9 Å². The van der Waals surface area contributed by atoms with Crippen LogP contribution in [0.5, 0.6) is 0 Å². The third-order valence-corrected chi connectivity index (χ3v) is 3.69. The van der Waals surface area contributed by atoms with Crippen molar-refractivity contribution in [3.05, 3.63) is 18.0 Å². The summed E-state index contributed by atoms with van der Waals surface area (Å²) in [5.41, 5.74) is 1.98. The average molecular weight is 246 g/mol. The highest BCUT2D eigenvalue weighted by atomic mass is 16.3. The lowest BCUT2D eigenvalue weighted by atomic mass is 9.93. The van der Waals surface area contributed by atoms with Crippen molar-refractivity contribution in [3.8, 4) is 0 Å². The fourth-order valence-corrected chi connectivity index (χ4v) is 2.64. The molecule has 0 unspecified atom stereocenters. The van der Waals surface area contributed by atoms with Gasteiger partial charge in [-0.15, -0.1) is 0 Å². The number of hydrogen-bond donors (Lipinski definition) is 3. The molecule has 0 spiro atoms. The number of aromatic nitrogens is 3. The number of aryl methyl sites for hydroxylation is 1. The molecule has 2 aromatic rings. The van der Waals surface area contributed by atoms with E-state index >= 15 is 0 Å². The van der Waals surface area contributed by atoms with Crippen LogP contribution in [-0.4, -0.2) is 32.4 Å². The van der Waals surface area contributed by atoms with E-state index in [1.54, 1.807) is 6.20 Å². The number of nitrogens with one attached hydrogen (secondary N) is 2. The van der Waals surface area contributed by atoms with Gasteiger partial charge in [-0.2, -0.15) is 5.10 Å². The van der Waals surface area contributed by atoms with Gasteiger partial charge in [0.25, 0.3) is 0 Å². The number of aliphatic hydroxyl groups is 1. The van der Waals surface area contributed by atoms with E-state index in [4.69, 9.17) is 0 Å². The lowest BCUT2D eigenvalue weighted by molar-refractivity contribution is 0.126. The van der Waals surface area contributed by atoms with E-state index in [2.05, 4.69) is 20.5 Å². The van der Waals surface area contributed by atoms with Gasteiger partial charge in [0.2, 0.25) is 0 Å². The van der Waals surface area contributed by atoms with Crippen LogP contribution in [-0.2, 0) is 0 Å². The van der Waals surface area contributed by atoms with Gasteiger partial charge in [0.1, 0.15) is 5.82 Å². The Morgan fingerprint density at radius 3 is 2.89 bits per heavy atom. The fraction of sp³-hybridized carbons (Fsp3) is 0.538. The van der Waals surface area contributed by atoms with Crippen molar-refractivity contribution in [3.63, 3.8) is 0 Å². The molecule has 2 aromatic heterocycles. The van der Waals surface area contributed by atoms with Gasteiger partial charge in [-0.1, -0.05) is 0 Å². The summed E-state index contributed by atoms with van der Waals surface area (Å²) >= 11 is 0. The van der Waals surface area contributed by atoms with Gasteiger partial charge in [0.15, 0.2) is 0 Å². The summed E-state index contributed by atoms with van der Waals surface area (Å²) in [6.07, 6.45) is 5.41. The maximum atomic E-state index is 9.52. The maximum Gasteiger partial charge on any atom is 0.137 e. The van der Waals surface area contributed by atoms with Crippen LogP contribution in [0.2, 0.25) is 0 Å². The highest BCUT2D eigenvalue weighted by Crippen LogP contribution is 2.26. The molecule has 1 saturated carbocycles. The van der Waals surface area contributed by atoms with E-state index in [-0.39, 0.29) is 6.10 Å². The third-order valence-electron chi connectivity index (χ3n) is 3.69. The number of aromatic amines is 1. The Balaban J connectivity index is 1.84. The van der Waals surface area contributed by atoms with Gasteiger partial charge in [-0.05, 0) is 38.7 Å². The predicted molar refractivity (Wildman–Crippen MR) is 70.5 cm³/mol. The van der Waals surface area contributed by atoms with E-state index in [1.807, 2.05) is 13.0 Å². The maximum absolute atomic E-state index is 9.52. The van der Waals surface area contributed by atoms with Crippen LogP contribution in [0.4, 0.5) is 5.82 Å². The standard InChI is InChI=1S/C13H18N4O/c1-8-12-11(17-16-8)6-7-14-13(12)15-9-2-4-10(18)5-3-9/h6-7,9-10,18H,2-5H2,1H3,(H,14,15)(H,16,17)/t9-,10-. The number of rotatable bonds is 2. The summed E-state index contributed by atoms with van der Waals surface area (Å²) in [4.78, 5) is 4.42. The lowest BCUT2D eigenvalue weighted by Crippen LogP contribution is -2.28. The molecule has 0 amide bonds. The number of aliphatic hydroxyl groups excluding tert-OH is 1. The second-order valence-electron chi connectivity index (χ2n) is 5.04. The van der Waals surface area contributed by atoms with Crippen molar-refractivity contribution < 1.29 is 5.11 Å². The zero-order valence-electron chi connectivity index (χ0n) is 10.5. The van der Waals surface area contributed by atoms with Gasteiger partial charge < -0.3 is 10.4 Å². The largest absolute Gasteiger partial charge is 0.393 e. The molecule has 1 aliphatic rings. The molecule has 0 saturated heterocycles. The molecule has 0 aromatic carbocycles. The highest BCUT2D eigenvalue weighted by Gasteiger charge is 2.20. The minimum Gasteiger partial charge on any atom is -0.393 e. The van der Waals surface area contributed by atoms with Crippen molar-refractivity contribution in [2.75, 3.05) is 5.32 Å². The normalized spacial score (nSPS) is 24.3. The van der Waals surface area contributed by atoms with E-state index in [0.717, 1.165) is 48.1 Å². The number of pyridine rings is 1. The number of fused-ring (bicyclic) bond motifs is 1. The van der Waals surface area contributed by atoms with E-state index in [9.17, 15) is 5.11 Å². The average Bonchev–Trinajstić information content (AvgIpc) is 2.75. The summed E-state index contributed by atoms with van der Waals surface area (Å²) in [6.45, 7) is 1.98. The van der Waals surface area contributed by atoms with Crippen LogP contribution < -0.4 is 5.32 Å². The minimum atomic E-state index is -0.123. The Hall–Kier alpha value is -1.62. The Bertz CT molecular complexity index is 543. The van der Waals surface area contributed by atoms with Crippen LogP contribution in [0.3, 0.4) is 0 Å². The van der Waals surface area contributed by atoms with E-state index in [0.29, 0.717) is 6.04 Å².